The van der Waals surface area contributed by atoms with Gasteiger partial charge in [-0.1, -0.05) is 51.3 Å². The van der Waals surface area contributed by atoms with Crippen molar-refractivity contribution < 1.29 is 0 Å². The molecule has 0 aliphatic rings. The molecule has 18 heavy (non-hydrogen) atoms. The summed E-state index contributed by atoms with van der Waals surface area (Å²) in [6.07, 6.45) is 6.59. The number of fused-ring (bicyclic) bond motifs is 1. The molecule has 1 unspecified atom stereocenters. The molecular weight excluding hydrogens is 218 g/mol. The van der Waals surface area contributed by atoms with E-state index < -0.39 is 0 Å². The summed E-state index contributed by atoms with van der Waals surface area (Å²) >= 11 is 0. The molecule has 0 radical (unpaired) electrons. The fraction of sp³-hybridized carbons (Fsp3) is 0.529. The molecule has 0 saturated heterocycles. The van der Waals surface area contributed by atoms with Crippen molar-refractivity contribution in [2.24, 2.45) is 0 Å². The van der Waals surface area contributed by atoms with E-state index in [0.717, 1.165) is 0 Å². The van der Waals surface area contributed by atoms with Crippen LogP contribution in [-0.4, -0.2) is 4.98 Å². The zero-order chi connectivity index (χ0) is 13.0. The molecular formula is C17H25N. The third kappa shape index (κ3) is 2.60. The summed E-state index contributed by atoms with van der Waals surface area (Å²) in [7, 11) is 0. The highest BCUT2D eigenvalue weighted by atomic mass is 14.7. The van der Waals surface area contributed by atoms with Gasteiger partial charge in [0.05, 0.1) is 0 Å². The first-order valence-corrected chi connectivity index (χ1v) is 7.35. The second-order valence-corrected chi connectivity index (χ2v) is 5.31. The van der Waals surface area contributed by atoms with E-state index in [4.69, 9.17) is 0 Å². The standard InChI is InChI=1S/C17H25N/c1-4-6-7-10-14(5-2)17-13(3)18-16-12-9-8-11-15(16)17/h8-9,11-12,14,18H,4-7,10H2,1-3H3. The molecule has 1 heterocycles. The lowest BCUT2D eigenvalue weighted by Crippen LogP contribution is -1.99. The van der Waals surface area contributed by atoms with Gasteiger partial charge >= 0.3 is 0 Å². The van der Waals surface area contributed by atoms with Gasteiger partial charge in [0.1, 0.15) is 0 Å². The number of aryl methyl sites for hydroxylation is 1. The monoisotopic (exact) mass is 243 g/mol. The lowest BCUT2D eigenvalue weighted by atomic mass is 9.89. The molecule has 0 spiro atoms. The van der Waals surface area contributed by atoms with Gasteiger partial charge in [-0.15, -0.1) is 0 Å². The summed E-state index contributed by atoms with van der Waals surface area (Å²) in [6, 6.07) is 8.71. The summed E-state index contributed by atoms with van der Waals surface area (Å²) in [5, 5.41) is 1.43. The van der Waals surface area contributed by atoms with Crippen LogP contribution in [0.2, 0.25) is 0 Å². The number of para-hydroxylation sites is 1. The summed E-state index contributed by atoms with van der Waals surface area (Å²) < 4.78 is 0. The molecule has 1 aromatic carbocycles. The molecule has 0 fully saturated rings. The zero-order valence-electron chi connectivity index (χ0n) is 11.9. The van der Waals surface area contributed by atoms with E-state index in [1.807, 2.05) is 0 Å². The average Bonchev–Trinajstić information content (AvgIpc) is 2.71. The molecule has 2 rings (SSSR count). The first-order valence-electron chi connectivity index (χ1n) is 7.35. The van der Waals surface area contributed by atoms with Gasteiger partial charge in [0.25, 0.3) is 0 Å². The molecule has 0 bridgehead atoms. The minimum Gasteiger partial charge on any atom is -0.358 e. The van der Waals surface area contributed by atoms with E-state index in [0.29, 0.717) is 5.92 Å². The molecule has 0 aliphatic heterocycles. The Morgan fingerprint density at radius 2 is 1.89 bits per heavy atom. The topological polar surface area (TPSA) is 15.8 Å². The van der Waals surface area contributed by atoms with Crippen LogP contribution < -0.4 is 0 Å². The number of hydrogen-bond donors (Lipinski definition) is 1. The summed E-state index contributed by atoms with van der Waals surface area (Å²) in [5.41, 5.74) is 4.21. The third-order valence-electron chi connectivity index (χ3n) is 4.00. The van der Waals surface area contributed by atoms with Crippen molar-refractivity contribution in [2.75, 3.05) is 0 Å². The Hall–Kier alpha value is -1.24. The highest BCUT2D eigenvalue weighted by Gasteiger charge is 2.16. The zero-order valence-corrected chi connectivity index (χ0v) is 11.9. The maximum Gasteiger partial charge on any atom is 0.0458 e. The number of aromatic amines is 1. The molecule has 1 N–H and O–H groups in total. The van der Waals surface area contributed by atoms with Gasteiger partial charge in [-0.3, -0.25) is 0 Å². The van der Waals surface area contributed by atoms with Crippen molar-refractivity contribution in [2.45, 2.75) is 58.8 Å². The minimum absolute atomic E-state index is 0.715. The van der Waals surface area contributed by atoms with Crippen LogP contribution in [0.25, 0.3) is 10.9 Å². The predicted octanol–water partition coefficient (Wildman–Crippen LogP) is 5.55. The van der Waals surface area contributed by atoms with E-state index in [2.05, 4.69) is 50.0 Å². The van der Waals surface area contributed by atoms with Gasteiger partial charge in [-0.25, -0.2) is 0 Å². The fourth-order valence-corrected chi connectivity index (χ4v) is 3.02. The lowest BCUT2D eigenvalue weighted by molar-refractivity contribution is 0.554. The van der Waals surface area contributed by atoms with Crippen molar-refractivity contribution in [1.29, 1.82) is 0 Å². The second-order valence-electron chi connectivity index (χ2n) is 5.31. The van der Waals surface area contributed by atoms with Crippen molar-refractivity contribution in [1.82, 2.24) is 4.98 Å². The number of nitrogens with one attached hydrogen (secondary N) is 1. The molecule has 1 heteroatoms. The maximum absolute atomic E-state index is 3.53. The highest BCUT2D eigenvalue weighted by molar-refractivity contribution is 5.85. The van der Waals surface area contributed by atoms with Crippen LogP contribution in [0.1, 0.15) is 63.1 Å². The van der Waals surface area contributed by atoms with Gasteiger partial charge < -0.3 is 4.98 Å². The number of aromatic nitrogens is 1. The van der Waals surface area contributed by atoms with Crippen molar-refractivity contribution >= 4 is 10.9 Å². The molecule has 0 amide bonds. The maximum atomic E-state index is 3.53. The molecule has 1 nitrogen and oxygen atoms in total. The first kappa shape index (κ1) is 13.2. The lowest BCUT2D eigenvalue weighted by Gasteiger charge is -2.15. The quantitative estimate of drug-likeness (QED) is 0.640. The molecule has 98 valence electrons. The fourth-order valence-electron chi connectivity index (χ4n) is 3.02. The Labute approximate surface area is 111 Å². The van der Waals surface area contributed by atoms with Crippen LogP contribution in [0.15, 0.2) is 24.3 Å². The number of H-pyrrole nitrogens is 1. The second kappa shape index (κ2) is 6.08. The Morgan fingerprint density at radius 3 is 2.61 bits per heavy atom. The number of unbranched alkanes of at least 4 members (excludes halogenated alkanes) is 2. The SMILES string of the molecule is CCCCCC(CC)c1c(C)[nH]c2ccccc12. The number of rotatable bonds is 6. The van der Waals surface area contributed by atoms with E-state index >= 15 is 0 Å². The van der Waals surface area contributed by atoms with Gasteiger partial charge in [0, 0.05) is 16.6 Å². The molecule has 1 aromatic heterocycles. The normalized spacial score (nSPS) is 13.1. The average molecular weight is 243 g/mol. The van der Waals surface area contributed by atoms with Gasteiger partial charge in [0.2, 0.25) is 0 Å². The molecule has 0 saturated carbocycles. The van der Waals surface area contributed by atoms with Crippen LogP contribution >= 0.6 is 0 Å². The molecule has 2 aromatic rings. The minimum atomic E-state index is 0.715. The van der Waals surface area contributed by atoms with Crippen molar-refractivity contribution in [3.05, 3.63) is 35.5 Å². The molecule has 1 atom stereocenters. The Kier molecular flexibility index (Phi) is 4.46. The van der Waals surface area contributed by atoms with E-state index in [1.165, 1.54) is 48.7 Å². The third-order valence-corrected chi connectivity index (χ3v) is 4.00. The number of benzene rings is 1. The first-order chi connectivity index (χ1) is 8.77. The highest BCUT2D eigenvalue weighted by Crippen LogP contribution is 2.34. The van der Waals surface area contributed by atoms with E-state index in [9.17, 15) is 0 Å². The van der Waals surface area contributed by atoms with E-state index in [-0.39, 0.29) is 0 Å². The Balaban J connectivity index is 2.29. The summed E-state index contributed by atoms with van der Waals surface area (Å²) in [4.78, 5) is 3.53. The van der Waals surface area contributed by atoms with Crippen LogP contribution in [-0.2, 0) is 0 Å². The van der Waals surface area contributed by atoms with Gasteiger partial charge in [-0.2, -0.15) is 0 Å². The summed E-state index contributed by atoms with van der Waals surface area (Å²) in [5.74, 6) is 0.715. The Bertz CT molecular complexity index is 495. The predicted molar refractivity (Wildman–Crippen MR) is 80.2 cm³/mol. The van der Waals surface area contributed by atoms with Crippen LogP contribution in [0.3, 0.4) is 0 Å². The smallest absolute Gasteiger partial charge is 0.0458 e. The van der Waals surface area contributed by atoms with Crippen LogP contribution in [0, 0.1) is 6.92 Å². The molecule has 0 aliphatic carbocycles. The number of hydrogen-bond acceptors (Lipinski definition) is 0. The van der Waals surface area contributed by atoms with E-state index in [1.54, 1.807) is 5.56 Å². The van der Waals surface area contributed by atoms with Crippen LogP contribution in [0.5, 0.6) is 0 Å². The van der Waals surface area contributed by atoms with Crippen molar-refractivity contribution in [3.63, 3.8) is 0 Å². The Morgan fingerprint density at radius 1 is 1.11 bits per heavy atom. The van der Waals surface area contributed by atoms with Gasteiger partial charge in [0.15, 0.2) is 0 Å². The van der Waals surface area contributed by atoms with Gasteiger partial charge in [-0.05, 0) is 37.3 Å². The van der Waals surface area contributed by atoms with Crippen LogP contribution in [0.4, 0.5) is 0 Å². The van der Waals surface area contributed by atoms with Crippen molar-refractivity contribution in [3.8, 4) is 0 Å². The largest absolute Gasteiger partial charge is 0.358 e. The summed E-state index contributed by atoms with van der Waals surface area (Å²) in [6.45, 7) is 6.81.